The molecule has 1 aliphatic rings. The molecule has 1 heterocycles. The first-order valence-electron chi connectivity index (χ1n) is 7.47. The fourth-order valence-electron chi connectivity index (χ4n) is 2.97. The third-order valence-corrected chi connectivity index (χ3v) is 6.16. The number of likely N-dealkylation sites (tertiary alicyclic amines) is 1. The minimum Gasteiger partial charge on any atom is -0.341 e. The number of rotatable bonds is 4. The van der Waals surface area contributed by atoms with E-state index in [1.165, 1.54) is 18.0 Å². The molecule has 4 nitrogen and oxygen atoms in total. The van der Waals surface area contributed by atoms with Crippen LogP contribution in [0.1, 0.15) is 20.3 Å². The van der Waals surface area contributed by atoms with Gasteiger partial charge in [-0.2, -0.15) is 0 Å². The predicted molar refractivity (Wildman–Crippen MR) is 89.8 cm³/mol. The number of hydrogen-bond donors (Lipinski definition) is 0. The number of piperidine rings is 1. The average molecular weight is 341 g/mol. The van der Waals surface area contributed by atoms with Gasteiger partial charge in [-0.05, 0) is 30.4 Å². The Morgan fingerprint density at radius 1 is 1.23 bits per heavy atom. The minimum atomic E-state index is -3.27. The van der Waals surface area contributed by atoms with Crippen LogP contribution >= 0.6 is 11.8 Å². The topological polar surface area (TPSA) is 54.5 Å². The lowest BCUT2D eigenvalue weighted by atomic mass is 9.92. The molecule has 1 aromatic carbocycles. The first-order chi connectivity index (χ1) is 10.3. The van der Waals surface area contributed by atoms with Crippen molar-refractivity contribution in [2.45, 2.75) is 30.1 Å². The second-order valence-electron chi connectivity index (χ2n) is 6.25. The lowest BCUT2D eigenvalue weighted by Crippen LogP contribution is -2.43. The zero-order chi connectivity index (χ0) is 16.3. The van der Waals surface area contributed by atoms with Gasteiger partial charge in [-0.3, -0.25) is 4.79 Å². The Labute approximate surface area is 137 Å². The third-order valence-electron chi connectivity index (χ3n) is 3.82. The summed E-state index contributed by atoms with van der Waals surface area (Å²) in [5.74, 6) is 1.43. The maximum absolute atomic E-state index is 12.4. The van der Waals surface area contributed by atoms with Gasteiger partial charge in [0.05, 0.1) is 10.6 Å². The van der Waals surface area contributed by atoms with Gasteiger partial charge in [-0.1, -0.05) is 26.0 Å². The molecule has 0 radical (unpaired) electrons. The zero-order valence-corrected chi connectivity index (χ0v) is 14.9. The van der Waals surface area contributed by atoms with E-state index in [1.54, 1.807) is 24.3 Å². The summed E-state index contributed by atoms with van der Waals surface area (Å²) in [6, 6.07) is 6.85. The van der Waals surface area contributed by atoms with E-state index in [9.17, 15) is 13.2 Å². The van der Waals surface area contributed by atoms with Crippen molar-refractivity contribution in [3.05, 3.63) is 24.3 Å². The standard InChI is InChI=1S/C16H23NO3S2/c1-12-8-13(2)10-17(9-12)16(18)11-21-14-6-4-5-7-15(14)22(3,19)20/h4-7,12-13H,8-11H2,1-3H3. The monoisotopic (exact) mass is 341 g/mol. The van der Waals surface area contributed by atoms with Gasteiger partial charge in [0.2, 0.25) is 5.91 Å². The summed E-state index contributed by atoms with van der Waals surface area (Å²) >= 11 is 1.31. The van der Waals surface area contributed by atoms with Crippen LogP contribution in [-0.2, 0) is 14.6 Å². The molecule has 1 saturated heterocycles. The summed E-state index contributed by atoms with van der Waals surface area (Å²) in [5, 5.41) is 0. The van der Waals surface area contributed by atoms with Crippen LogP contribution in [-0.4, -0.2) is 44.3 Å². The number of sulfone groups is 1. The number of amides is 1. The van der Waals surface area contributed by atoms with Crippen molar-refractivity contribution in [3.8, 4) is 0 Å². The lowest BCUT2D eigenvalue weighted by Gasteiger charge is -2.35. The Morgan fingerprint density at radius 3 is 2.41 bits per heavy atom. The highest BCUT2D eigenvalue weighted by molar-refractivity contribution is 8.00. The highest BCUT2D eigenvalue weighted by atomic mass is 32.2. The third kappa shape index (κ3) is 4.49. The molecular formula is C16H23NO3S2. The molecule has 1 fully saturated rings. The van der Waals surface area contributed by atoms with Crippen molar-refractivity contribution < 1.29 is 13.2 Å². The van der Waals surface area contributed by atoms with Crippen LogP contribution in [0.3, 0.4) is 0 Å². The van der Waals surface area contributed by atoms with E-state index in [-0.39, 0.29) is 11.7 Å². The van der Waals surface area contributed by atoms with Crippen molar-refractivity contribution in [1.82, 2.24) is 4.90 Å². The quantitative estimate of drug-likeness (QED) is 0.790. The molecule has 2 unspecified atom stereocenters. The smallest absolute Gasteiger partial charge is 0.232 e. The molecule has 1 aromatic rings. The molecule has 2 rings (SSSR count). The van der Waals surface area contributed by atoms with E-state index in [2.05, 4.69) is 13.8 Å². The molecule has 2 atom stereocenters. The van der Waals surface area contributed by atoms with Gasteiger partial charge in [-0.25, -0.2) is 8.42 Å². The average Bonchev–Trinajstić information content (AvgIpc) is 2.43. The molecule has 22 heavy (non-hydrogen) atoms. The first kappa shape index (κ1) is 17.3. The largest absolute Gasteiger partial charge is 0.341 e. The van der Waals surface area contributed by atoms with E-state index in [0.29, 0.717) is 21.6 Å². The normalized spacial score (nSPS) is 22.6. The van der Waals surface area contributed by atoms with E-state index in [1.807, 2.05) is 4.90 Å². The van der Waals surface area contributed by atoms with Crippen molar-refractivity contribution >= 4 is 27.5 Å². The molecule has 0 spiro atoms. The molecule has 1 amide bonds. The van der Waals surface area contributed by atoms with Crippen LogP contribution < -0.4 is 0 Å². The SMILES string of the molecule is CC1CC(C)CN(C(=O)CSc2ccccc2S(C)(=O)=O)C1. The Hall–Kier alpha value is -1.01. The van der Waals surface area contributed by atoms with Crippen LogP contribution in [0, 0.1) is 11.8 Å². The molecule has 0 N–H and O–H groups in total. The van der Waals surface area contributed by atoms with E-state index in [4.69, 9.17) is 0 Å². The number of hydrogen-bond acceptors (Lipinski definition) is 4. The van der Waals surface area contributed by atoms with E-state index >= 15 is 0 Å². The molecular weight excluding hydrogens is 318 g/mol. The van der Waals surface area contributed by atoms with Gasteiger partial charge < -0.3 is 4.90 Å². The molecule has 0 aromatic heterocycles. The van der Waals surface area contributed by atoms with Crippen molar-refractivity contribution in [2.24, 2.45) is 11.8 Å². The van der Waals surface area contributed by atoms with E-state index in [0.717, 1.165) is 19.5 Å². The summed E-state index contributed by atoms with van der Waals surface area (Å²) in [4.78, 5) is 15.2. The van der Waals surface area contributed by atoms with Gasteiger partial charge >= 0.3 is 0 Å². The Kier molecular flexibility index (Phi) is 5.55. The number of carbonyl (C=O) groups excluding carboxylic acids is 1. The maximum Gasteiger partial charge on any atom is 0.232 e. The summed E-state index contributed by atoms with van der Waals surface area (Å²) in [6.07, 6.45) is 2.36. The first-order valence-corrected chi connectivity index (χ1v) is 10.3. The molecule has 122 valence electrons. The van der Waals surface area contributed by atoms with Crippen LogP contribution in [0.2, 0.25) is 0 Å². The number of carbonyl (C=O) groups is 1. The van der Waals surface area contributed by atoms with Gasteiger partial charge in [0.25, 0.3) is 0 Å². The Morgan fingerprint density at radius 2 is 1.82 bits per heavy atom. The van der Waals surface area contributed by atoms with Gasteiger partial charge in [-0.15, -0.1) is 11.8 Å². The van der Waals surface area contributed by atoms with Gasteiger partial charge in [0.1, 0.15) is 0 Å². The van der Waals surface area contributed by atoms with Crippen LogP contribution in [0.25, 0.3) is 0 Å². The highest BCUT2D eigenvalue weighted by Gasteiger charge is 2.25. The molecule has 0 bridgehead atoms. The molecule has 1 aliphatic heterocycles. The summed E-state index contributed by atoms with van der Waals surface area (Å²) in [7, 11) is -3.27. The zero-order valence-electron chi connectivity index (χ0n) is 13.3. The molecule has 0 saturated carbocycles. The number of benzene rings is 1. The summed E-state index contributed by atoms with van der Waals surface area (Å²) < 4.78 is 23.6. The predicted octanol–water partition coefficient (Wildman–Crippen LogP) is 2.69. The van der Waals surface area contributed by atoms with Crippen LogP contribution in [0.15, 0.2) is 34.1 Å². The van der Waals surface area contributed by atoms with Crippen LogP contribution in [0.4, 0.5) is 0 Å². The van der Waals surface area contributed by atoms with Crippen molar-refractivity contribution in [3.63, 3.8) is 0 Å². The fourth-order valence-corrected chi connectivity index (χ4v) is 5.21. The number of nitrogens with zero attached hydrogens (tertiary/aromatic N) is 1. The summed E-state index contributed by atoms with van der Waals surface area (Å²) in [5.41, 5.74) is 0. The van der Waals surface area contributed by atoms with Crippen molar-refractivity contribution in [1.29, 1.82) is 0 Å². The lowest BCUT2D eigenvalue weighted by molar-refractivity contribution is -0.130. The number of thioether (sulfide) groups is 1. The molecule has 0 aliphatic carbocycles. The maximum atomic E-state index is 12.4. The summed E-state index contributed by atoms with van der Waals surface area (Å²) in [6.45, 7) is 5.94. The second-order valence-corrected chi connectivity index (χ2v) is 9.25. The van der Waals surface area contributed by atoms with Crippen molar-refractivity contribution in [2.75, 3.05) is 25.1 Å². The van der Waals surface area contributed by atoms with Gasteiger partial charge in [0.15, 0.2) is 9.84 Å². The Balaban J connectivity index is 2.03. The molecule has 6 heteroatoms. The second kappa shape index (κ2) is 7.04. The van der Waals surface area contributed by atoms with Crippen LogP contribution in [0.5, 0.6) is 0 Å². The highest BCUT2D eigenvalue weighted by Crippen LogP contribution is 2.27. The minimum absolute atomic E-state index is 0.0895. The van der Waals surface area contributed by atoms with E-state index < -0.39 is 9.84 Å². The van der Waals surface area contributed by atoms with Gasteiger partial charge in [0, 0.05) is 24.2 Å². The fraction of sp³-hybridized carbons (Fsp3) is 0.562. The Bertz CT molecular complexity index is 633.